The molecular formula is C76H148O17P2. The van der Waals surface area contributed by atoms with Crippen LogP contribution in [-0.2, 0) is 65.4 Å². The fourth-order valence-corrected chi connectivity index (χ4v) is 13.2. The Bertz CT molecular complexity index is 1840. The van der Waals surface area contributed by atoms with Crippen LogP contribution in [0.15, 0.2) is 0 Å². The Morgan fingerprint density at radius 1 is 0.284 bits per heavy atom. The third-order valence-corrected chi connectivity index (χ3v) is 19.6. The fourth-order valence-electron chi connectivity index (χ4n) is 11.7. The van der Waals surface area contributed by atoms with E-state index in [0.29, 0.717) is 25.7 Å². The molecule has 0 heterocycles. The number of rotatable bonds is 75. The van der Waals surface area contributed by atoms with Gasteiger partial charge in [0, 0.05) is 25.7 Å². The summed E-state index contributed by atoms with van der Waals surface area (Å²) in [5, 5.41) is 10.6. The number of hydrogen-bond donors (Lipinski definition) is 3. The standard InChI is InChI=1S/C76H148O17P2/c1-7-9-11-13-15-17-19-20-21-22-23-24-29-36-42-48-54-60-75(80)92-72(65-87-74(79)59-53-47-41-35-28-26-25-27-32-38-44-50-56-68(3)4)67-91-95(84,85)89-63-70(77)62-88-94(82,83)90-66-71(64-86-73(78)58-52-46-40-34-18-16-14-12-10-8-2)93-76(81)61-55-49-43-37-31-30-33-39-45-51-57-69(5)6/h68-72,77H,7-67H2,1-6H3,(H,82,83)(H,84,85)/t70-,71+,72+/m0/s1. The molecule has 0 aromatic carbocycles. The average molecular weight is 1400 g/mol. The summed E-state index contributed by atoms with van der Waals surface area (Å²) in [6.45, 7) is 9.60. The average Bonchev–Trinajstić information content (AvgIpc) is 1.45. The zero-order chi connectivity index (χ0) is 70.0. The zero-order valence-corrected chi connectivity index (χ0v) is 63.8. The second kappa shape index (κ2) is 67.9. The number of hydrogen-bond acceptors (Lipinski definition) is 15. The normalized spacial score (nSPS) is 14.0. The number of aliphatic hydroxyl groups excluding tert-OH is 1. The molecule has 564 valence electrons. The Morgan fingerprint density at radius 2 is 0.484 bits per heavy atom. The molecule has 2 unspecified atom stereocenters. The van der Waals surface area contributed by atoms with Crippen molar-refractivity contribution in [2.24, 2.45) is 11.8 Å². The van der Waals surface area contributed by atoms with E-state index in [-0.39, 0.29) is 25.7 Å². The van der Waals surface area contributed by atoms with Crippen LogP contribution in [-0.4, -0.2) is 96.7 Å². The van der Waals surface area contributed by atoms with Crippen LogP contribution < -0.4 is 0 Å². The van der Waals surface area contributed by atoms with E-state index in [1.54, 1.807) is 0 Å². The van der Waals surface area contributed by atoms with E-state index in [1.165, 1.54) is 212 Å². The second-order valence-corrected chi connectivity index (χ2v) is 31.3. The van der Waals surface area contributed by atoms with E-state index in [0.717, 1.165) is 102 Å². The van der Waals surface area contributed by atoms with Crippen molar-refractivity contribution in [3.63, 3.8) is 0 Å². The summed E-state index contributed by atoms with van der Waals surface area (Å²) in [4.78, 5) is 72.8. The van der Waals surface area contributed by atoms with Gasteiger partial charge in [0.15, 0.2) is 12.2 Å². The Balaban J connectivity index is 5.25. The largest absolute Gasteiger partial charge is 0.472 e. The first-order valence-electron chi connectivity index (χ1n) is 39.5. The molecular weight excluding hydrogens is 1250 g/mol. The van der Waals surface area contributed by atoms with Gasteiger partial charge in [0.25, 0.3) is 0 Å². The molecule has 0 bridgehead atoms. The number of phosphoric acid groups is 2. The van der Waals surface area contributed by atoms with Gasteiger partial charge in [-0.05, 0) is 37.5 Å². The molecule has 0 aromatic heterocycles. The van der Waals surface area contributed by atoms with Crippen molar-refractivity contribution in [3.8, 4) is 0 Å². The van der Waals surface area contributed by atoms with Crippen molar-refractivity contribution in [2.45, 2.75) is 413 Å². The summed E-state index contributed by atoms with van der Waals surface area (Å²) in [5.41, 5.74) is 0. The van der Waals surface area contributed by atoms with E-state index >= 15 is 0 Å². The van der Waals surface area contributed by atoms with Gasteiger partial charge >= 0.3 is 39.5 Å². The van der Waals surface area contributed by atoms with Gasteiger partial charge in [-0.15, -0.1) is 0 Å². The van der Waals surface area contributed by atoms with Gasteiger partial charge in [0.2, 0.25) is 0 Å². The topological polar surface area (TPSA) is 237 Å². The van der Waals surface area contributed by atoms with Crippen molar-refractivity contribution >= 4 is 39.5 Å². The van der Waals surface area contributed by atoms with Crippen LogP contribution >= 0.6 is 15.6 Å². The van der Waals surface area contributed by atoms with Crippen molar-refractivity contribution in [3.05, 3.63) is 0 Å². The first kappa shape index (κ1) is 93.1. The maximum absolute atomic E-state index is 13.1. The van der Waals surface area contributed by atoms with Crippen LogP contribution in [0, 0.1) is 11.8 Å². The molecule has 0 aliphatic heterocycles. The van der Waals surface area contributed by atoms with E-state index in [2.05, 4.69) is 41.5 Å². The highest BCUT2D eigenvalue weighted by Crippen LogP contribution is 2.45. The van der Waals surface area contributed by atoms with Gasteiger partial charge in [-0.1, -0.05) is 343 Å². The molecule has 95 heavy (non-hydrogen) atoms. The van der Waals surface area contributed by atoms with Crippen LogP contribution in [0.1, 0.15) is 395 Å². The molecule has 0 radical (unpaired) electrons. The SMILES string of the molecule is CCCCCCCCCCCCCCCCCCCC(=O)O[C@H](COC(=O)CCCCCCCCCCCCCCC(C)C)COP(=O)(O)OC[C@@H](O)COP(=O)(O)OC[C@@H](COC(=O)CCCCCCCCCCCC)OC(=O)CCCCCCCCCCCCC(C)C. The first-order valence-corrected chi connectivity index (χ1v) is 42.5. The number of aliphatic hydroxyl groups is 1. The number of unbranched alkanes of at least 4 members (excludes halogenated alkanes) is 45. The first-order chi connectivity index (χ1) is 45.9. The second-order valence-electron chi connectivity index (χ2n) is 28.3. The fraction of sp³-hybridized carbons (Fsp3) is 0.947. The third kappa shape index (κ3) is 70.3. The van der Waals surface area contributed by atoms with E-state index < -0.39 is 97.5 Å². The molecule has 0 saturated heterocycles. The van der Waals surface area contributed by atoms with Crippen LogP contribution in [0.4, 0.5) is 0 Å². The lowest BCUT2D eigenvalue weighted by molar-refractivity contribution is -0.161. The molecule has 0 amide bonds. The van der Waals surface area contributed by atoms with E-state index in [1.807, 2.05) is 0 Å². The van der Waals surface area contributed by atoms with Gasteiger partial charge in [0.05, 0.1) is 26.4 Å². The minimum absolute atomic E-state index is 0.106. The molecule has 5 atom stereocenters. The third-order valence-electron chi connectivity index (χ3n) is 17.7. The lowest BCUT2D eigenvalue weighted by Gasteiger charge is -2.21. The summed E-state index contributed by atoms with van der Waals surface area (Å²) >= 11 is 0. The molecule has 0 saturated carbocycles. The Hall–Kier alpha value is -1.94. The summed E-state index contributed by atoms with van der Waals surface area (Å²) in [6, 6.07) is 0. The van der Waals surface area contributed by atoms with Gasteiger partial charge < -0.3 is 33.8 Å². The monoisotopic (exact) mass is 1400 g/mol. The van der Waals surface area contributed by atoms with E-state index in [9.17, 15) is 43.2 Å². The quantitative estimate of drug-likeness (QED) is 0.0222. The molecule has 0 aliphatic rings. The molecule has 17 nitrogen and oxygen atoms in total. The predicted octanol–water partition coefficient (Wildman–Crippen LogP) is 22.3. The number of carbonyl (C=O) groups is 4. The number of ether oxygens (including phenoxy) is 4. The lowest BCUT2D eigenvalue weighted by Crippen LogP contribution is -2.30. The lowest BCUT2D eigenvalue weighted by atomic mass is 10.0. The summed E-state index contributed by atoms with van der Waals surface area (Å²) in [5.74, 6) is -0.580. The van der Waals surface area contributed by atoms with Crippen LogP contribution in [0.25, 0.3) is 0 Å². The highest BCUT2D eigenvalue weighted by molar-refractivity contribution is 7.47. The minimum atomic E-state index is -4.96. The highest BCUT2D eigenvalue weighted by atomic mass is 31.2. The van der Waals surface area contributed by atoms with Crippen LogP contribution in [0.5, 0.6) is 0 Å². The smallest absolute Gasteiger partial charge is 0.462 e. The summed E-state index contributed by atoms with van der Waals surface area (Å²) in [6.07, 6.45) is 55.4. The van der Waals surface area contributed by atoms with Gasteiger partial charge in [-0.3, -0.25) is 37.3 Å². The number of carbonyl (C=O) groups excluding carboxylic acids is 4. The van der Waals surface area contributed by atoms with Gasteiger partial charge in [-0.25, -0.2) is 9.13 Å². The van der Waals surface area contributed by atoms with Crippen molar-refractivity contribution < 1.29 is 80.2 Å². The molecule has 0 aliphatic carbocycles. The van der Waals surface area contributed by atoms with Crippen molar-refractivity contribution in [1.82, 2.24) is 0 Å². The van der Waals surface area contributed by atoms with Crippen molar-refractivity contribution in [1.29, 1.82) is 0 Å². The Labute approximate surface area is 581 Å². The van der Waals surface area contributed by atoms with Gasteiger partial charge in [-0.2, -0.15) is 0 Å². The van der Waals surface area contributed by atoms with Crippen LogP contribution in [0.3, 0.4) is 0 Å². The maximum atomic E-state index is 13.1. The highest BCUT2D eigenvalue weighted by Gasteiger charge is 2.30. The van der Waals surface area contributed by atoms with Crippen molar-refractivity contribution in [2.75, 3.05) is 39.6 Å². The minimum Gasteiger partial charge on any atom is -0.462 e. The molecule has 0 aromatic rings. The molecule has 0 spiro atoms. The number of phosphoric ester groups is 2. The van der Waals surface area contributed by atoms with E-state index in [4.69, 9.17) is 37.0 Å². The zero-order valence-electron chi connectivity index (χ0n) is 62.0. The van der Waals surface area contributed by atoms with Gasteiger partial charge in [0.1, 0.15) is 19.3 Å². The summed E-state index contributed by atoms with van der Waals surface area (Å²) < 4.78 is 68.5. The summed E-state index contributed by atoms with van der Waals surface area (Å²) in [7, 11) is -9.91. The molecule has 3 N–H and O–H groups in total. The Morgan fingerprint density at radius 3 is 0.716 bits per heavy atom. The Kier molecular flexibility index (Phi) is 66.5. The number of esters is 4. The molecule has 0 rings (SSSR count). The molecule has 0 fully saturated rings. The molecule has 19 heteroatoms. The predicted molar refractivity (Wildman–Crippen MR) is 386 cm³/mol. The van der Waals surface area contributed by atoms with Crippen LogP contribution in [0.2, 0.25) is 0 Å². The maximum Gasteiger partial charge on any atom is 0.472 e.